The normalized spacial score (nSPS) is 17.3. The number of amides is 1. The van der Waals surface area contributed by atoms with Crippen molar-refractivity contribution in [1.29, 1.82) is 0 Å². The maximum absolute atomic E-state index is 12.1. The van der Waals surface area contributed by atoms with E-state index in [0.29, 0.717) is 11.6 Å². The van der Waals surface area contributed by atoms with Crippen molar-refractivity contribution in [2.24, 2.45) is 5.16 Å². The number of carboxylic acid groups (broad SMARTS) is 1. The highest BCUT2D eigenvalue weighted by molar-refractivity contribution is 6.36. The minimum atomic E-state index is -1.17. The highest BCUT2D eigenvalue weighted by atomic mass is 35.5. The van der Waals surface area contributed by atoms with Gasteiger partial charge in [0.1, 0.15) is 0 Å². The summed E-state index contributed by atoms with van der Waals surface area (Å²) < 4.78 is 0. The van der Waals surface area contributed by atoms with Crippen molar-refractivity contribution < 1.29 is 19.5 Å². The number of halogens is 1. The van der Waals surface area contributed by atoms with E-state index in [2.05, 4.69) is 5.16 Å². The molecule has 1 N–H and O–H groups in total. The average molecular weight is 297 g/mol. The van der Waals surface area contributed by atoms with Crippen molar-refractivity contribution in [3.63, 3.8) is 0 Å². The molecule has 1 unspecified atom stereocenters. The summed E-state index contributed by atoms with van der Waals surface area (Å²) in [5.41, 5.74) is 0.741. The molecule has 2 rings (SSSR count). The Bertz CT molecular complexity index is 573. The van der Waals surface area contributed by atoms with Crippen LogP contribution in [0.5, 0.6) is 0 Å². The molecule has 6 nitrogen and oxygen atoms in total. The Kier molecular flexibility index (Phi) is 4.24. The third-order valence-electron chi connectivity index (χ3n) is 2.88. The molecule has 0 bridgehead atoms. The maximum Gasteiger partial charge on any atom is 0.353 e. The lowest BCUT2D eigenvalue weighted by Crippen LogP contribution is -2.36. The van der Waals surface area contributed by atoms with Gasteiger partial charge in [0.05, 0.1) is 0 Å². The van der Waals surface area contributed by atoms with Crippen molar-refractivity contribution in [1.82, 2.24) is 4.90 Å². The van der Waals surface area contributed by atoms with Gasteiger partial charge in [-0.2, -0.15) is 0 Å². The highest BCUT2D eigenvalue weighted by Crippen LogP contribution is 2.16. The Hall–Kier alpha value is -2.08. The zero-order valence-corrected chi connectivity index (χ0v) is 11.5. The minimum absolute atomic E-state index is 0.0198. The van der Waals surface area contributed by atoms with Gasteiger partial charge in [-0.05, 0) is 17.7 Å². The molecule has 20 heavy (non-hydrogen) atoms. The van der Waals surface area contributed by atoms with Crippen molar-refractivity contribution >= 4 is 29.2 Å². The monoisotopic (exact) mass is 296 g/mol. The van der Waals surface area contributed by atoms with Crippen LogP contribution in [0.15, 0.2) is 29.4 Å². The number of hydrogen-bond donors (Lipinski definition) is 1. The predicted octanol–water partition coefficient (Wildman–Crippen LogP) is 1.53. The molecule has 0 saturated heterocycles. The van der Waals surface area contributed by atoms with Crippen LogP contribution in [0.25, 0.3) is 0 Å². The second-order valence-electron chi connectivity index (χ2n) is 4.47. The van der Waals surface area contributed by atoms with Crippen molar-refractivity contribution in [2.45, 2.75) is 19.1 Å². The molecule has 1 aliphatic heterocycles. The lowest BCUT2D eigenvalue weighted by atomic mass is 10.1. The number of likely N-dealkylation sites (N-methyl/N-ethyl adjacent to an activating group) is 1. The Balaban J connectivity index is 1.95. The third kappa shape index (κ3) is 3.27. The third-order valence-corrected chi connectivity index (χ3v) is 3.11. The van der Waals surface area contributed by atoms with Gasteiger partial charge in [0, 0.05) is 25.0 Å². The molecule has 106 valence electrons. The first-order valence-electron chi connectivity index (χ1n) is 5.93. The smallest absolute Gasteiger partial charge is 0.353 e. The molecule has 1 heterocycles. The van der Waals surface area contributed by atoms with Crippen molar-refractivity contribution in [3.05, 3.63) is 34.9 Å². The van der Waals surface area contributed by atoms with E-state index >= 15 is 0 Å². The molecule has 1 aliphatic rings. The second-order valence-corrected chi connectivity index (χ2v) is 4.90. The van der Waals surface area contributed by atoms with Gasteiger partial charge in [-0.15, -0.1) is 0 Å². The molecule has 1 atom stereocenters. The molecule has 0 aromatic heterocycles. The summed E-state index contributed by atoms with van der Waals surface area (Å²) in [5, 5.41) is 12.8. The number of nitrogens with zero attached hydrogens (tertiary/aromatic N) is 2. The van der Waals surface area contributed by atoms with Crippen LogP contribution in [0, 0.1) is 0 Å². The first-order valence-corrected chi connectivity index (χ1v) is 6.30. The fourth-order valence-corrected chi connectivity index (χ4v) is 2.08. The summed E-state index contributed by atoms with van der Waals surface area (Å²) in [6, 6.07) is 7.16. The molecule has 1 aromatic rings. The van der Waals surface area contributed by atoms with Crippen molar-refractivity contribution in [3.8, 4) is 0 Å². The Labute approximate surface area is 120 Å². The summed E-state index contributed by atoms with van der Waals surface area (Å²) in [5.74, 6) is -1.48. The van der Waals surface area contributed by atoms with Crippen LogP contribution in [0.1, 0.15) is 12.0 Å². The molecule has 7 heteroatoms. The highest BCUT2D eigenvalue weighted by Gasteiger charge is 2.33. The Morgan fingerprint density at radius 1 is 1.55 bits per heavy atom. The first-order chi connectivity index (χ1) is 9.47. The summed E-state index contributed by atoms with van der Waals surface area (Å²) in [6.45, 7) is 0.363. The standard InChI is InChI=1S/C13H13ClN2O4/c1-16(7-8-3-2-4-9(14)5-8)12(17)11-6-10(13(18)19)15-20-11/h2-5,11H,6-7H2,1H3,(H,18,19). The van der Waals surface area contributed by atoms with E-state index in [-0.39, 0.29) is 18.0 Å². The fourth-order valence-electron chi connectivity index (χ4n) is 1.87. The van der Waals surface area contributed by atoms with Gasteiger partial charge in [0.15, 0.2) is 5.71 Å². The van der Waals surface area contributed by atoms with Crippen LogP contribution in [0.2, 0.25) is 5.02 Å². The topological polar surface area (TPSA) is 79.2 Å². The molecule has 0 radical (unpaired) electrons. The largest absolute Gasteiger partial charge is 0.477 e. The molecule has 0 saturated carbocycles. The van der Waals surface area contributed by atoms with Gasteiger partial charge in [-0.1, -0.05) is 28.9 Å². The maximum atomic E-state index is 12.1. The van der Waals surface area contributed by atoms with E-state index in [9.17, 15) is 9.59 Å². The van der Waals surface area contributed by atoms with E-state index in [0.717, 1.165) is 5.56 Å². The number of rotatable bonds is 4. The lowest BCUT2D eigenvalue weighted by molar-refractivity contribution is -0.141. The lowest BCUT2D eigenvalue weighted by Gasteiger charge is -2.19. The van der Waals surface area contributed by atoms with Gasteiger partial charge >= 0.3 is 5.97 Å². The summed E-state index contributed by atoms with van der Waals surface area (Å²) in [6.07, 6.45) is -0.890. The number of carbonyl (C=O) groups is 2. The Morgan fingerprint density at radius 2 is 2.30 bits per heavy atom. The average Bonchev–Trinajstić information content (AvgIpc) is 2.87. The number of carbonyl (C=O) groups excluding carboxylic acids is 1. The number of hydrogen-bond acceptors (Lipinski definition) is 4. The number of aliphatic carboxylic acids is 1. The molecule has 1 amide bonds. The van der Waals surface area contributed by atoms with E-state index in [1.165, 1.54) is 4.90 Å². The molecular formula is C13H13ClN2O4. The van der Waals surface area contributed by atoms with Crippen LogP contribution in [-0.2, 0) is 21.0 Å². The van der Waals surface area contributed by atoms with E-state index < -0.39 is 12.1 Å². The van der Waals surface area contributed by atoms with Crippen LogP contribution >= 0.6 is 11.6 Å². The second kappa shape index (κ2) is 5.92. The van der Waals surface area contributed by atoms with E-state index in [4.69, 9.17) is 21.5 Å². The van der Waals surface area contributed by atoms with E-state index in [1.807, 2.05) is 6.07 Å². The minimum Gasteiger partial charge on any atom is -0.477 e. The summed E-state index contributed by atoms with van der Waals surface area (Å²) in [4.78, 5) is 29.1. The molecular weight excluding hydrogens is 284 g/mol. The molecule has 0 fully saturated rings. The van der Waals surface area contributed by atoms with Crippen LogP contribution in [0.3, 0.4) is 0 Å². The molecule has 0 spiro atoms. The van der Waals surface area contributed by atoms with Gasteiger partial charge in [0.25, 0.3) is 5.91 Å². The van der Waals surface area contributed by atoms with Crippen LogP contribution in [0.4, 0.5) is 0 Å². The van der Waals surface area contributed by atoms with Crippen LogP contribution in [-0.4, -0.2) is 40.7 Å². The van der Waals surface area contributed by atoms with Gasteiger partial charge in [0.2, 0.25) is 6.10 Å². The van der Waals surface area contributed by atoms with Gasteiger partial charge < -0.3 is 14.8 Å². The molecule has 1 aromatic carbocycles. The van der Waals surface area contributed by atoms with Crippen LogP contribution < -0.4 is 0 Å². The fraction of sp³-hybridized carbons (Fsp3) is 0.308. The van der Waals surface area contributed by atoms with Gasteiger partial charge in [-0.25, -0.2) is 4.79 Å². The number of carboxylic acids is 1. The zero-order chi connectivity index (χ0) is 14.7. The Morgan fingerprint density at radius 3 is 2.90 bits per heavy atom. The zero-order valence-electron chi connectivity index (χ0n) is 10.7. The SMILES string of the molecule is CN(Cc1cccc(Cl)c1)C(=O)C1CC(C(=O)O)=NO1. The predicted molar refractivity (Wildman–Crippen MR) is 72.5 cm³/mol. The van der Waals surface area contributed by atoms with Crippen molar-refractivity contribution in [2.75, 3.05) is 7.05 Å². The summed E-state index contributed by atoms with van der Waals surface area (Å²) >= 11 is 5.88. The number of oxime groups is 1. The number of benzene rings is 1. The first kappa shape index (κ1) is 14.3. The molecule has 0 aliphatic carbocycles. The van der Waals surface area contributed by atoms with E-state index in [1.54, 1.807) is 25.2 Å². The van der Waals surface area contributed by atoms with Gasteiger partial charge in [-0.3, -0.25) is 4.79 Å². The summed E-state index contributed by atoms with van der Waals surface area (Å²) in [7, 11) is 1.62. The quantitative estimate of drug-likeness (QED) is 0.914.